The predicted molar refractivity (Wildman–Crippen MR) is 123 cm³/mol. The van der Waals surface area contributed by atoms with E-state index in [-0.39, 0.29) is 17.5 Å². The Morgan fingerprint density at radius 1 is 1.15 bits per heavy atom. The minimum absolute atomic E-state index is 0.0517. The van der Waals surface area contributed by atoms with Crippen molar-refractivity contribution < 1.29 is 22.4 Å². The Hall–Kier alpha value is -2.98. The van der Waals surface area contributed by atoms with Gasteiger partial charge in [-0.3, -0.25) is 4.90 Å². The van der Waals surface area contributed by atoms with E-state index >= 15 is 0 Å². The first-order chi connectivity index (χ1) is 16.0. The average Bonchev–Trinajstić information content (AvgIpc) is 3.16. The fourth-order valence-corrected chi connectivity index (χ4v) is 5.05. The third-order valence-electron chi connectivity index (χ3n) is 6.57. The molecule has 186 valence electrons. The number of rotatable bonds is 5. The molecule has 0 atom stereocenters. The van der Waals surface area contributed by atoms with E-state index in [0.717, 1.165) is 42.1 Å². The molecule has 0 unspecified atom stereocenters. The van der Waals surface area contributed by atoms with Crippen LogP contribution in [0.25, 0.3) is 0 Å². The molecule has 2 aromatic rings. The highest BCUT2D eigenvalue weighted by atomic mass is 19.4. The number of fused-ring (bicyclic) bond motifs is 1. The number of hydrogen-bond acceptors (Lipinski definition) is 6. The number of aryl methyl sites for hydroxylation is 2. The molecule has 0 aliphatic heterocycles. The Bertz CT molecular complexity index is 1040. The highest BCUT2D eigenvalue weighted by Crippen LogP contribution is 2.41. The van der Waals surface area contributed by atoms with E-state index in [1.54, 1.807) is 0 Å². The lowest BCUT2D eigenvalue weighted by Crippen LogP contribution is -2.47. The molecule has 11 heteroatoms. The standard InChI is InChI=1S/C23H31F3N6O2/c1-13-12-18(19(34-13)23(24,25)26)32(21(27)33)15-10-8-14(9-11-15)28-22-29-17-7-5-4-6-16(17)20(30-22)31(2)3/h12,14-15H,4-11H2,1-3H3,(H2,27,33)(H,28,29,30)/t14-,15+. The normalized spacial score (nSPS) is 20.5. The number of anilines is 3. The van der Waals surface area contributed by atoms with Crippen LogP contribution in [0.1, 0.15) is 61.3 Å². The molecular formula is C23H31F3N6O2. The monoisotopic (exact) mass is 480 g/mol. The topological polar surface area (TPSA) is 101 Å². The molecule has 8 nitrogen and oxygen atoms in total. The number of urea groups is 1. The number of amides is 2. The van der Waals surface area contributed by atoms with E-state index in [9.17, 15) is 18.0 Å². The molecule has 0 aromatic carbocycles. The number of halogens is 3. The summed E-state index contributed by atoms with van der Waals surface area (Å²) in [5, 5.41) is 3.41. The van der Waals surface area contributed by atoms with Crippen molar-refractivity contribution in [3.63, 3.8) is 0 Å². The number of nitrogens with zero attached hydrogens (tertiary/aromatic N) is 4. The van der Waals surface area contributed by atoms with Crippen molar-refractivity contribution >= 4 is 23.5 Å². The molecule has 1 fully saturated rings. The van der Waals surface area contributed by atoms with Gasteiger partial charge in [-0.2, -0.15) is 18.2 Å². The van der Waals surface area contributed by atoms with Gasteiger partial charge in [-0.05, 0) is 58.3 Å². The van der Waals surface area contributed by atoms with Crippen LogP contribution in [-0.2, 0) is 19.0 Å². The quantitative estimate of drug-likeness (QED) is 0.646. The summed E-state index contributed by atoms with van der Waals surface area (Å²) in [7, 11) is 3.94. The summed E-state index contributed by atoms with van der Waals surface area (Å²) in [6, 6.07) is -0.0932. The molecular weight excluding hydrogens is 449 g/mol. The summed E-state index contributed by atoms with van der Waals surface area (Å²) in [5.41, 5.74) is 7.50. The van der Waals surface area contributed by atoms with Gasteiger partial charge in [0.2, 0.25) is 11.7 Å². The van der Waals surface area contributed by atoms with Gasteiger partial charge in [-0.25, -0.2) is 9.78 Å². The summed E-state index contributed by atoms with van der Waals surface area (Å²) in [6.45, 7) is 1.42. The van der Waals surface area contributed by atoms with Crippen molar-refractivity contribution in [2.75, 3.05) is 29.2 Å². The molecule has 0 saturated heterocycles. The molecule has 2 amide bonds. The number of nitrogens with two attached hydrogens (primary N) is 1. The Kier molecular flexibility index (Phi) is 6.64. The van der Waals surface area contributed by atoms with Crippen molar-refractivity contribution in [1.82, 2.24) is 9.97 Å². The lowest BCUT2D eigenvalue weighted by atomic mass is 9.90. The molecule has 34 heavy (non-hydrogen) atoms. The van der Waals surface area contributed by atoms with Crippen LogP contribution in [0.3, 0.4) is 0 Å². The number of nitrogens with one attached hydrogen (secondary N) is 1. The number of aromatic nitrogens is 2. The maximum Gasteiger partial charge on any atom is 0.451 e. The predicted octanol–water partition coefficient (Wildman–Crippen LogP) is 4.65. The minimum Gasteiger partial charge on any atom is -0.455 e. The fraction of sp³-hybridized carbons (Fsp3) is 0.609. The molecule has 2 aliphatic carbocycles. The summed E-state index contributed by atoms with van der Waals surface area (Å²) < 4.78 is 45.3. The van der Waals surface area contributed by atoms with Gasteiger partial charge in [0.1, 0.15) is 11.6 Å². The molecule has 0 bridgehead atoms. The van der Waals surface area contributed by atoms with Crippen molar-refractivity contribution in [1.29, 1.82) is 0 Å². The van der Waals surface area contributed by atoms with E-state index in [4.69, 9.17) is 20.1 Å². The van der Waals surface area contributed by atoms with Crippen LogP contribution in [0.5, 0.6) is 0 Å². The molecule has 1 saturated carbocycles. The van der Waals surface area contributed by atoms with E-state index < -0.39 is 24.0 Å². The lowest BCUT2D eigenvalue weighted by molar-refractivity contribution is -0.152. The van der Waals surface area contributed by atoms with Crippen LogP contribution < -0.4 is 20.9 Å². The first-order valence-electron chi connectivity index (χ1n) is 11.6. The van der Waals surface area contributed by atoms with E-state index in [0.29, 0.717) is 31.6 Å². The Morgan fingerprint density at radius 2 is 1.82 bits per heavy atom. The van der Waals surface area contributed by atoms with Gasteiger partial charge in [-0.1, -0.05) is 0 Å². The third kappa shape index (κ3) is 4.92. The van der Waals surface area contributed by atoms with E-state index in [2.05, 4.69) is 5.32 Å². The largest absolute Gasteiger partial charge is 0.455 e. The first kappa shape index (κ1) is 24.2. The van der Waals surface area contributed by atoms with Gasteiger partial charge < -0.3 is 20.4 Å². The van der Waals surface area contributed by atoms with Gasteiger partial charge in [0, 0.05) is 37.8 Å². The number of carbonyl (C=O) groups excluding carboxylic acids is 1. The second-order valence-electron chi connectivity index (χ2n) is 9.32. The van der Waals surface area contributed by atoms with Gasteiger partial charge in [0.15, 0.2) is 0 Å². The number of primary amides is 1. The second-order valence-corrected chi connectivity index (χ2v) is 9.32. The number of carbonyl (C=O) groups is 1. The smallest absolute Gasteiger partial charge is 0.451 e. The number of furan rings is 1. The van der Waals surface area contributed by atoms with Crippen molar-refractivity contribution in [2.45, 2.75) is 76.6 Å². The minimum atomic E-state index is -4.72. The molecule has 2 aromatic heterocycles. The Balaban J connectivity index is 1.48. The zero-order chi connectivity index (χ0) is 24.6. The van der Waals surface area contributed by atoms with Crippen LogP contribution in [0.2, 0.25) is 0 Å². The Morgan fingerprint density at radius 3 is 2.44 bits per heavy atom. The highest BCUT2D eigenvalue weighted by Gasteiger charge is 2.42. The fourth-order valence-electron chi connectivity index (χ4n) is 5.05. The highest BCUT2D eigenvalue weighted by molar-refractivity contribution is 5.92. The SMILES string of the molecule is Cc1cc(N(C(N)=O)[C@H]2CC[C@@H](Nc3nc4c(c(N(C)C)n3)CCCC4)CC2)c(C(F)(F)F)o1. The van der Waals surface area contributed by atoms with Crippen molar-refractivity contribution in [2.24, 2.45) is 5.73 Å². The molecule has 4 rings (SSSR count). The summed E-state index contributed by atoms with van der Waals surface area (Å²) in [4.78, 5) is 24.7. The van der Waals surface area contributed by atoms with Gasteiger partial charge in [0.05, 0.1) is 11.4 Å². The van der Waals surface area contributed by atoms with Gasteiger partial charge >= 0.3 is 12.2 Å². The summed E-state index contributed by atoms with van der Waals surface area (Å²) in [5.74, 6) is 0.382. The van der Waals surface area contributed by atoms with Crippen molar-refractivity contribution in [3.05, 3.63) is 28.8 Å². The van der Waals surface area contributed by atoms with Crippen molar-refractivity contribution in [3.8, 4) is 0 Å². The van der Waals surface area contributed by atoms with E-state index in [1.807, 2.05) is 19.0 Å². The van der Waals surface area contributed by atoms with E-state index in [1.165, 1.54) is 18.6 Å². The first-order valence-corrected chi connectivity index (χ1v) is 11.6. The van der Waals surface area contributed by atoms with Crippen LogP contribution in [0.15, 0.2) is 10.5 Å². The number of hydrogen-bond donors (Lipinski definition) is 2. The summed E-state index contributed by atoms with van der Waals surface area (Å²) >= 11 is 0. The van der Waals surface area contributed by atoms with Gasteiger partial charge in [0.25, 0.3) is 0 Å². The third-order valence-corrected chi connectivity index (χ3v) is 6.57. The van der Waals surface area contributed by atoms with Crippen LogP contribution >= 0.6 is 0 Å². The maximum absolute atomic E-state index is 13.5. The van der Waals surface area contributed by atoms with Crippen LogP contribution in [0.4, 0.5) is 35.4 Å². The average molecular weight is 481 g/mol. The molecule has 3 N–H and O–H groups in total. The summed E-state index contributed by atoms with van der Waals surface area (Å²) in [6.07, 6.45) is 1.71. The maximum atomic E-state index is 13.5. The molecule has 2 heterocycles. The lowest BCUT2D eigenvalue weighted by Gasteiger charge is -2.36. The molecule has 0 spiro atoms. The van der Waals surface area contributed by atoms with Crippen LogP contribution in [0, 0.1) is 6.92 Å². The van der Waals surface area contributed by atoms with Gasteiger partial charge in [-0.15, -0.1) is 0 Å². The van der Waals surface area contributed by atoms with Crippen LogP contribution in [-0.4, -0.2) is 42.2 Å². The number of alkyl halides is 3. The zero-order valence-electron chi connectivity index (χ0n) is 19.7. The molecule has 0 radical (unpaired) electrons. The Labute approximate surface area is 196 Å². The second kappa shape index (κ2) is 9.34. The molecule has 2 aliphatic rings. The zero-order valence-corrected chi connectivity index (χ0v) is 19.7.